The molecule has 0 aliphatic carbocycles. The summed E-state index contributed by atoms with van der Waals surface area (Å²) in [5, 5.41) is 10.8. The average molecular weight is 366 g/mol. The fourth-order valence-corrected chi connectivity index (χ4v) is 3.07. The highest BCUT2D eigenvalue weighted by Gasteiger charge is 2.34. The SMILES string of the molecule is Cc1nc([N+](=O)[O-])cn1CC(=O)N1C[C@@H](N)[C@H](c2ccccc2)C1.Cl. The molecule has 1 amide bonds. The Hall–Kier alpha value is -2.45. The van der Waals surface area contributed by atoms with Crippen LogP contribution in [0.25, 0.3) is 0 Å². The lowest BCUT2D eigenvalue weighted by molar-refractivity contribution is -0.389. The van der Waals surface area contributed by atoms with Crippen LogP contribution in [0, 0.1) is 17.0 Å². The number of carbonyl (C=O) groups excluding carboxylic acids is 1. The third-order valence-corrected chi connectivity index (χ3v) is 4.40. The molecule has 2 aromatic rings. The van der Waals surface area contributed by atoms with E-state index in [4.69, 9.17) is 5.73 Å². The number of aromatic nitrogens is 2. The van der Waals surface area contributed by atoms with Crippen LogP contribution in [-0.4, -0.2) is 44.4 Å². The van der Waals surface area contributed by atoms with Crippen molar-refractivity contribution >= 4 is 24.1 Å². The van der Waals surface area contributed by atoms with E-state index in [9.17, 15) is 14.9 Å². The minimum absolute atomic E-state index is 0. The second kappa shape index (κ2) is 7.62. The van der Waals surface area contributed by atoms with E-state index in [1.165, 1.54) is 10.8 Å². The summed E-state index contributed by atoms with van der Waals surface area (Å²) < 4.78 is 1.50. The normalized spacial score (nSPS) is 19.5. The number of aryl methyl sites for hydroxylation is 1. The van der Waals surface area contributed by atoms with E-state index < -0.39 is 4.92 Å². The van der Waals surface area contributed by atoms with Gasteiger partial charge in [0.15, 0.2) is 0 Å². The summed E-state index contributed by atoms with van der Waals surface area (Å²) in [7, 11) is 0. The highest BCUT2D eigenvalue weighted by molar-refractivity contribution is 5.85. The molecule has 2 heterocycles. The van der Waals surface area contributed by atoms with Crippen molar-refractivity contribution in [2.75, 3.05) is 13.1 Å². The first-order valence-corrected chi connectivity index (χ1v) is 7.72. The van der Waals surface area contributed by atoms with E-state index in [1.807, 2.05) is 30.3 Å². The van der Waals surface area contributed by atoms with Crippen molar-refractivity contribution in [2.24, 2.45) is 5.73 Å². The van der Waals surface area contributed by atoms with E-state index in [2.05, 4.69) is 4.98 Å². The van der Waals surface area contributed by atoms with E-state index >= 15 is 0 Å². The van der Waals surface area contributed by atoms with Crippen LogP contribution >= 0.6 is 12.4 Å². The van der Waals surface area contributed by atoms with Crippen molar-refractivity contribution in [2.45, 2.75) is 25.4 Å². The van der Waals surface area contributed by atoms with Gasteiger partial charge in [-0.05, 0) is 15.5 Å². The summed E-state index contributed by atoms with van der Waals surface area (Å²) in [6, 6.07) is 9.78. The van der Waals surface area contributed by atoms with Gasteiger partial charge in [0.25, 0.3) is 0 Å². The number of nitrogens with two attached hydrogens (primary N) is 1. The lowest BCUT2D eigenvalue weighted by Crippen LogP contribution is -2.34. The van der Waals surface area contributed by atoms with Crippen LogP contribution in [0.1, 0.15) is 17.3 Å². The van der Waals surface area contributed by atoms with Gasteiger partial charge in [-0.3, -0.25) is 9.36 Å². The number of carbonyl (C=O) groups is 1. The molecule has 0 saturated carbocycles. The summed E-state index contributed by atoms with van der Waals surface area (Å²) in [6.07, 6.45) is 1.29. The van der Waals surface area contributed by atoms with Gasteiger partial charge in [0.1, 0.15) is 12.7 Å². The van der Waals surface area contributed by atoms with Crippen LogP contribution in [0.5, 0.6) is 0 Å². The van der Waals surface area contributed by atoms with Crippen molar-refractivity contribution in [3.63, 3.8) is 0 Å². The van der Waals surface area contributed by atoms with E-state index in [1.54, 1.807) is 11.8 Å². The van der Waals surface area contributed by atoms with Gasteiger partial charge in [-0.2, -0.15) is 0 Å². The number of halogens is 1. The third kappa shape index (κ3) is 3.97. The molecule has 2 N–H and O–H groups in total. The number of nitro groups is 1. The van der Waals surface area contributed by atoms with Gasteiger partial charge >= 0.3 is 5.82 Å². The zero-order valence-corrected chi connectivity index (χ0v) is 14.6. The van der Waals surface area contributed by atoms with Crippen LogP contribution in [0.3, 0.4) is 0 Å². The largest absolute Gasteiger partial charge is 0.381 e. The molecule has 1 aromatic heterocycles. The molecule has 2 atom stereocenters. The lowest BCUT2D eigenvalue weighted by atomic mass is 9.95. The number of likely N-dealkylation sites (tertiary alicyclic amines) is 1. The summed E-state index contributed by atoms with van der Waals surface area (Å²) in [5.41, 5.74) is 7.32. The van der Waals surface area contributed by atoms with Crippen molar-refractivity contribution in [1.29, 1.82) is 0 Å². The molecule has 0 radical (unpaired) electrons. The summed E-state index contributed by atoms with van der Waals surface area (Å²) in [6.45, 7) is 2.71. The maximum Gasteiger partial charge on any atom is 0.381 e. The minimum atomic E-state index is -0.564. The Morgan fingerprint density at radius 2 is 2.04 bits per heavy atom. The zero-order chi connectivity index (χ0) is 17.3. The Morgan fingerprint density at radius 3 is 2.64 bits per heavy atom. The van der Waals surface area contributed by atoms with Crippen LogP contribution in [0.4, 0.5) is 5.82 Å². The molecule has 1 fully saturated rings. The Morgan fingerprint density at radius 1 is 1.36 bits per heavy atom. The van der Waals surface area contributed by atoms with E-state index in [0.717, 1.165) is 5.56 Å². The lowest BCUT2D eigenvalue weighted by Gasteiger charge is -2.16. The summed E-state index contributed by atoms with van der Waals surface area (Å²) >= 11 is 0. The van der Waals surface area contributed by atoms with Crippen LogP contribution in [0.15, 0.2) is 36.5 Å². The molecule has 0 bridgehead atoms. The molecule has 0 unspecified atom stereocenters. The monoisotopic (exact) mass is 365 g/mol. The topological polar surface area (TPSA) is 107 Å². The molecule has 3 rings (SSSR count). The van der Waals surface area contributed by atoms with Gasteiger partial charge in [-0.25, -0.2) is 0 Å². The Kier molecular flexibility index (Phi) is 5.76. The maximum atomic E-state index is 12.5. The Bertz CT molecular complexity index is 764. The molecule has 134 valence electrons. The molecule has 9 heteroatoms. The third-order valence-electron chi connectivity index (χ3n) is 4.40. The summed E-state index contributed by atoms with van der Waals surface area (Å²) in [5.74, 6) is 0.186. The second-order valence-electron chi connectivity index (χ2n) is 6.01. The van der Waals surface area contributed by atoms with Gasteiger partial charge < -0.3 is 20.7 Å². The van der Waals surface area contributed by atoms with Crippen LogP contribution < -0.4 is 5.73 Å². The fourth-order valence-electron chi connectivity index (χ4n) is 3.07. The number of hydrogen-bond acceptors (Lipinski definition) is 5. The van der Waals surface area contributed by atoms with Crippen molar-refractivity contribution < 1.29 is 9.72 Å². The van der Waals surface area contributed by atoms with Crippen LogP contribution in [-0.2, 0) is 11.3 Å². The molecule has 8 nitrogen and oxygen atoms in total. The number of benzene rings is 1. The number of imidazole rings is 1. The molecule has 0 spiro atoms. The molecule has 1 aliphatic rings. The first-order valence-electron chi connectivity index (χ1n) is 7.72. The number of amides is 1. The highest BCUT2D eigenvalue weighted by Crippen LogP contribution is 2.26. The highest BCUT2D eigenvalue weighted by atomic mass is 35.5. The minimum Gasteiger partial charge on any atom is -0.358 e. The first-order chi connectivity index (χ1) is 11.5. The van der Waals surface area contributed by atoms with E-state index in [0.29, 0.717) is 18.9 Å². The van der Waals surface area contributed by atoms with Crippen molar-refractivity contribution in [3.05, 3.63) is 58.0 Å². The van der Waals surface area contributed by atoms with E-state index in [-0.39, 0.29) is 42.6 Å². The average Bonchev–Trinajstić information content (AvgIpc) is 3.12. The molecule has 1 aliphatic heterocycles. The molecular weight excluding hydrogens is 346 g/mol. The summed E-state index contributed by atoms with van der Waals surface area (Å²) in [4.78, 5) is 28.3. The number of rotatable bonds is 4. The number of hydrogen-bond donors (Lipinski definition) is 1. The quantitative estimate of drug-likeness (QED) is 0.652. The van der Waals surface area contributed by atoms with Gasteiger partial charge in [-0.1, -0.05) is 30.3 Å². The predicted octanol–water partition coefficient (Wildman–Crippen LogP) is 1.47. The van der Waals surface area contributed by atoms with Crippen molar-refractivity contribution in [3.8, 4) is 0 Å². The molecule has 1 saturated heterocycles. The zero-order valence-electron chi connectivity index (χ0n) is 13.7. The molecular formula is C16H20ClN5O3. The Balaban J connectivity index is 0.00000225. The molecule has 25 heavy (non-hydrogen) atoms. The number of nitrogens with zero attached hydrogens (tertiary/aromatic N) is 4. The molecule has 1 aromatic carbocycles. The predicted molar refractivity (Wildman–Crippen MR) is 94.6 cm³/mol. The second-order valence-corrected chi connectivity index (χ2v) is 6.01. The maximum absolute atomic E-state index is 12.5. The van der Waals surface area contributed by atoms with Gasteiger partial charge in [0.2, 0.25) is 11.7 Å². The standard InChI is InChI=1S/C16H19N5O3.ClH/c1-11-18-15(21(23)24)9-19(11)10-16(22)20-7-13(14(17)8-20)12-5-3-2-4-6-12;/h2-6,9,13-14H,7-8,10,17H2,1H3;1H/t13-,14+;/m0./s1. The van der Waals surface area contributed by atoms with Crippen LogP contribution in [0.2, 0.25) is 0 Å². The first kappa shape index (κ1) is 18.9. The fraction of sp³-hybridized carbons (Fsp3) is 0.375. The Labute approximate surface area is 151 Å². The van der Waals surface area contributed by atoms with Gasteiger partial charge in [-0.15, -0.1) is 12.4 Å². The van der Waals surface area contributed by atoms with Crippen molar-refractivity contribution in [1.82, 2.24) is 14.5 Å². The van der Waals surface area contributed by atoms with Gasteiger partial charge in [0.05, 0.1) is 0 Å². The van der Waals surface area contributed by atoms with Gasteiger partial charge in [0, 0.05) is 32.0 Å². The smallest absolute Gasteiger partial charge is 0.358 e.